The molecule has 0 unspecified atom stereocenters. The summed E-state index contributed by atoms with van der Waals surface area (Å²) in [5, 5.41) is 14.4. The molecule has 0 saturated heterocycles. The Morgan fingerprint density at radius 2 is 1.91 bits per heavy atom. The normalized spacial score (nSPS) is 10.5. The summed E-state index contributed by atoms with van der Waals surface area (Å²) in [7, 11) is 0. The number of carbonyl (C=O) groups is 2. The molecule has 0 spiro atoms. The van der Waals surface area contributed by atoms with Crippen molar-refractivity contribution in [1.82, 2.24) is 4.98 Å². The number of rotatable bonds is 4. The van der Waals surface area contributed by atoms with E-state index in [-0.39, 0.29) is 10.8 Å². The van der Waals surface area contributed by atoms with Crippen LogP contribution in [0.2, 0.25) is 0 Å². The highest BCUT2D eigenvalue weighted by atomic mass is 32.1. The van der Waals surface area contributed by atoms with Crippen molar-refractivity contribution in [3.8, 4) is 10.6 Å². The molecule has 0 saturated carbocycles. The minimum atomic E-state index is -0.967. The Bertz CT molecular complexity index is 852. The number of thiazole rings is 1. The van der Waals surface area contributed by atoms with Gasteiger partial charge in [-0.25, -0.2) is 9.78 Å². The summed E-state index contributed by atoms with van der Waals surface area (Å²) in [6.07, 6.45) is 0. The molecule has 1 aromatic carbocycles. The highest BCUT2D eigenvalue weighted by Crippen LogP contribution is 2.28. The molecule has 2 aromatic heterocycles. The Balaban J connectivity index is 1.78. The number of benzene rings is 1. The van der Waals surface area contributed by atoms with E-state index in [0.717, 1.165) is 16.9 Å². The second kappa shape index (κ2) is 6.31. The predicted molar refractivity (Wildman–Crippen MR) is 91.5 cm³/mol. The topological polar surface area (TPSA) is 79.3 Å². The zero-order chi connectivity index (χ0) is 16.4. The first-order valence-corrected chi connectivity index (χ1v) is 8.40. The molecule has 23 heavy (non-hydrogen) atoms. The van der Waals surface area contributed by atoms with Crippen LogP contribution >= 0.6 is 22.7 Å². The maximum atomic E-state index is 12.0. The van der Waals surface area contributed by atoms with Crippen LogP contribution in [0.5, 0.6) is 0 Å². The highest BCUT2D eigenvalue weighted by Gasteiger charge is 2.15. The van der Waals surface area contributed by atoms with Crippen LogP contribution in [0.25, 0.3) is 10.6 Å². The van der Waals surface area contributed by atoms with E-state index < -0.39 is 5.97 Å². The van der Waals surface area contributed by atoms with Crippen LogP contribution in [0.3, 0.4) is 0 Å². The Kier molecular flexibility index (Phi) is 4.22. The zero-order valence-corrected chi connectivity index (χ0v) is 13.7. The maximum absolute atomic E-state index is 12.0. The number of nitrogens with zero attached hydrogens (tertiary/aromatic N) is 1. The molecule has 0 radical (unpaired) electrons. The minimum Gasteiger partial charge on any atom is -0.477 e. The summed E-state index contributed by atoms with van der Waals surface area (Å²) < 4.78 is 0. The quantitative estimate of drug-likeness (QED) is 0.746. The van der Waals surface area contributed by atoms with Crippen LogP contribution in [0.15, 0.2) is 41.8 Å². The first kappa shape index (κ1) is 15.4. The van der Waals surface area contributed by atoms with Gasteiger partial charge in [-0.1, -0.05) is 6.07 Å². The van der Waals surface area contributed by atoms with Crippen molar-refractivity contribution in [2.24, 2.45) is 0 Å². The van der Waals surface area contributed by atoms with E-state index in [2.05, 4.69) is 10.3 Å². The molecule has 116 valence electrons. The fourth-order valence-corrected chi connectivity index (χ4v) is 3.54. The monoisotopic (exact) mass is 344 g/mol. The van der Waals surface area contributed by atoms with E-state index in [9.17, 15) is 9.59 Å². The van der Waals surface area contributed by atoms with Gasteiger partial charge in [0.1, 0.15) is 9.88 Å². The van der Waals surface area contributed by atoms with Crippen LogP contribution in [0.1, 0.15) is 25.0 Å². The molecule has 0 aliphatic carbocycles. The van der Waals surface area contributed by atoms with Crippen LogP contribution in [0.4, 0.5) is 5.69 Å². The number of carbonyl (C=O) groups excluding carboxylic acids is 1. The lowest BCUT2D eigenvalue weighted by atomic mass is 10.2. The van der Waals surface area contributed by atoms with Gasteiger partial charge >= 0.3 is 5.97 Å². The van der Waals surface area contributed by atoms with Gasteiger partial charge in [-0.05, 0) is 42.6 Å². The first-order valence-electron chi connectivity index (χ1n) is 6.70. The molecule has 0 bridgehead atoms. The van der Waals surface area contributed by atoms with Gasteiger partial charge in [0.2, 0.25) is 0 Å². The molecule has 3 aromatic rings. The number of thiophene rings is 1. The second-order valence-electron chi connectivity index (χ2n) is 4.75. The van der Waals surface area contributed by atoms with Gasteiger partial charge in [0.05, 0.1) is 10.6 Å². The second-order valence-corrected chi connectivity index (χ2v) is 6.69. The van der Waals surface area contributed by atoms with Gasteiger partial charge in [0.15, 0.2) is 0 Å². The Hall–Kier alpha value is -2.51. The zero-order valence-electron chi connectivity index (χ0n) is 12.1. The fraction of sp³-hybridized carbons (Fsp3) is 0.0625. The lowest BCUT2D eigenvalue weighted by Gasteiger charge is -2.04. The van der Waals surface area contributed by atoms with Gasteiger partial charge in [-0.3, -0.25) is 4.79 Å². The molecule has 7 heteroatoms. The molecule has 0 aliphatic heterocycles. The summed E-state index contributed by atoms with van der Waals surface area (Å²) in [6, 6.07) is 10.8. The number of anilines is 1. The Labute approximate surface area is 140 Å². The van der Waals surface area contributed by atoms with Gasteiger partial charge in [-0.15, -0.1) is 22.7 Å². The minimum absolute atomic E-state index is 0.147. The highest BCUT2D eigenvalue weighted by molar-refractivity contribution is 7.17. The number of carboxylic acids is 1. The van der Waals surface area contributed by atoms with E-state index >= 15 is 0 Å². The van der Waals surface area contributed by atoms with Crippen molar-refractivity contribution < 1.29 is 14.7 Å². The lowest BCUT2D eigenvalue weighted by Crippen LogP contribution is -2.09. The van der Waals surface area contributed by atoms with Crippen LogP contribution in [0, 0.1) is 6.92 Å². The molecule has 2 N–H and O–H groups in total. The van der Waals surface area contributed by atoms with E-state index in [1.165, 1.54) is 11.3 Å². The number of aromatic nitrogens is 1. The molecule has 3 rings (SSSR count). The largest absolute Gasteiger partial charge is 0.477 e. The third-order valence-electron chi connectivity index (χ3n) is 3.13. The van der Waals surface area contributed by atoms with Crippen molar-refractivity contribution in [3.05, 3.63) is 57.2 Å². The Morgan fingerprint density at radius 3 is 2.48 bits per heavy atom. The average molecular weight is 344 g/mol. The summed E-state index contributed by atoms with van der Waals surface area (Å²) in [5.74, 6) is -1.11. The van der Waals surface area contributed by atoms with Crippen LogP contribution < -0.4 is 5.32 Å². The van der Waals surface area contributed by atoms with Gasteiger partial charge in [-0.2, -0.15) is 0 Å². The molecule has 5 nitrogen and oxygen atoms in total. The number of nitrogens with one attached hydrogen (secondary N) is 1. The third-order valence-corrected chi connectivity index (χ3v) is 5.19. The summed E-state index contributed by atoms with van der Waals surface area (Å²) in [6.45, 7) is 1.68. The average Bonchev–Trinajstić information content (AvgIpc) is 3.17. The molecular weight excluding hydrogens is 332 g/mol. The number of carboxylic acid groups (broad SMARTS) is 1. The summed E-state index contributed by atoms with van der Waals surface area (Å²) in [4.78, 5) is 28.2. The predicted octanol–water partition coefficient (Wildman–Crippen LogP) is 4.13. The molecule has 0 fully saturated rings. The third kappa shape index (κ3) is 3.30. The number of hydrogen-bond donors (Lipinski definition) is 2. The number of hydrogen-bond acceptors (Lipinski definition) is 5. The number of aryl methyl sites for hydroxylation is 1. The molecule has 1 amide bonds. The van der Waals surface area contributed by atoms with Gasteiger partial charge in [0.25, 0.3) is 5.91 Å². The SMILES string of the molecule is Cc1nc(-c2ccc(NC(=O)c3cccs3)cc2)sc1C(=O)O. The van der Waals surface area contributed by atoms with Crippen LogP contribution in [-0.4, -0.2) is 22.0 Å². The Morgan fingerprint density at radius 1 is 1.17 bits per heavy atom. The van der Waals surface area contributed by atoms with Crippen molar-refractivity contribution in [2.75, 3.05) is 5.32 Å². The first-order chi connectivity index (χ1) is 11.0. The fourth-order valence-electron chi connectivity index (χ4n) is 2.01. The number of aromatic carboxylic acids is 1. The molecular formula is C16H12N2O3S2. The van der Waals surface area contributed by atoms with E-state index in [0.29, 0.717) is 21.3 Å². The smallest absolute Gasteiger partial charge is 0.347 e. The number of amides is 1. The summed E-state index contributed by atoms with van der Waals surface area (Å²) >= 11 is 2.52. The lowest BCUT2D eigenvalue weighted by molar-refractivity contribution is 0.0701. The van der Waals surface area contributed by atoms with Gasteiger partial charge < -0.3 is 10.4 Å². The van der Waals surface area contributed by atoms with Crippen molar-refractivity contribution in [2.45, 2.75) is 6.92 Å². The van der Waals surface area contributed by atoms with E-state index in [1.54, 1.807) is 25.1 Å². The standard InChI is InChI=1S/C16H12N2O3S2/c1-9-13(16(20)21)23-15(17-9)10-4-6-11(7-5-10)18-14(19)12-3-2-8-22-12/h2-8H,1H3,(H,18,19)(H,20,21). The molecule has 0 aliphatic rings. The van der Waals surface area contributed by atoms with Crippen molar-refractivity contribution >= 4 is 40.2 Å². The molecule has 2 heterocycles. The summed E-state index contributed by atoms with van der Waals surface area (Å²) in [5.41, 5.74) is 2.01. The van der Waals surface area contributed by atoms with E-state index in [4.69, 9.17) is 5.11 Å². The van der Waals surface area contributed by atoms with E-state index in [1.807, 2.05) is 23.6 Å². The molecule has 0 atom stereocenters. The van der Waals surface area contributed by atoms with Gasteiger partial charge in [0, 0.05) is 11.3 Å². The maximum Gasteiger partial charge on any atom is 0.347 e. The van der Waals surface area contributed by atoms with Crippen LogP contribution in [-0.2, 0) is 0 Å². The van der Waals surface area contributed by atoms with Crippen molar-refractivity contribution in [1.29, 1.82) is 0 Å². The van der Waals surface area contributed by atoms with Crippen molar-refractivity contribution in [3.63, 3.8) is 0 Å².